The van der Waals surface area contributed by atoms with Crippen molar-refractivity contribution < 1.29 is 13.9 Å². The molecule has 0 aromatic heterocycles. The summed E-state index contributed by atoms with van der Waals surface area (Å²) in [6.07, 6.45) is 0.758. The number of nitrogens with two attached hydrogens (primary N) is 1. The summed E-state index contributed by atoms with van der Waals surface area (Å²) in [7, 11) is 0. The molecule has 0 spiro atoms. The van der Waals surface area contributed by atoms with Gasteiger partial charge in [-0.2, -0.15) is 0 Å². The van der Waals surface area contributed by atoms with Crippen LogP contribution in [0.5, 0.6) is 0 Å². The fourth-order valence-corrected chi connectivity index (χ4v) is 2.22. The highest BCUT2D eigenvalue weighted by Gasteiger charge is 2.26. The summed E-state index contributed by atoms with van der Waals surface area (Å²) in [5.74, 6) is -1.06. The lowest BCUT2D eigenvalue weighted by Crippen LogP contribution is -2.23. The second kappa shape index (κ2) is 4.98. The van der Waals surface area contributed by atoms with E-state index < -0.39 is 11.6 Å². The topological polar surface area (TPSA) is 49.5 Å². The first-order chi connectivity index (χ1) is 8.15. The average Bonchev–Trinajstić information content (AvgIpc) is 2.76. The number of halogens is 2. The van der Waals surface area contributed by atoms with E-state index in [2.05, 4.69) is 0 Å². The highest BCUT2D eigenvalue weighted by molar-refractivity contribution is 5.51. The lowest BCUT2D eigenvalue weighted by atomic mass is 10.1. The van der Waals surface area contributed by atoms with E-state index in [1.807, 2.05) is 0 Å². The van der Waals surface area contributed by atoms with Crippen LogP contribution in [0.1, 0.15) is 12.0 Å². The van der Waals surface area contributed by atoms with E-state index in [0.717, 1.165) is 6.42 Å². The van der Waals surface area contributed by atoms with Crippen molar-refractivity contribution in [1.29, 1.82) is 0 Å². The summed E-state index contributed by atoms with van der Waals surface area (Å²) < 4.78 is 27.6. The molecule has 5 heteroatoms. The van der Waals surface area contributed by atoms with E-state index in [4.69, 9.17) is 10.8 Å². The second-order valence-corrected chi connectivity index (χ2v) is 4.40. The van der Waals surface area contributed by atoms with Crippen LogP contribution in [0, 0.1) is 17.6 Å². The number of anilines is 1. The maximum atomic E-state index is 13.8. The summed E-state index contributed by atoms with van der Waals surface area (Å²) in [6.45, 7) is 1.24. The Morgan fingerprint density at radius 1 is 1.35 bits per heavy atom. The minimum Gasteiger partial charge on any atom is -0.396 e. The zero-order valence-electron chi connectivity index (χ0n) is 9.50. The number of hydrogen-bond donors (Lipinski definition) is 2. The summed E-state index contributed by atoms with van der Waals surface area (Å²) in [5, 5.41) is 9.02. The number of aliphatic hydroxyl groups excluding tert-OH is 1. The van der Waals surface area contributed by atoms with Crippen LogP contribution in [0.2, 0.25) is 0 Å². The molecule has 0 bridgehead atoms. The minimum atomic E-state index is -0.580. The van der Waals surface area contributed by atoms with Crippen LogP contribution >= 0.6 is 0 Å². The Bertz CT molecular complexity index is 388. The monoisotopic (exact) mass is 242 g/mol. The van der Waals surface area contributed by atoms with Crippen LogP contribution in [0.15, 0.2) is 12.1 Å². The Labute approximate surface area is 98.8 Å². The third-order valence-corrected chi connectivity index (χ3v) is 3.17. The number of hydrogen-bond acceptors (Lipinski definition) is 3. The van der Waals surface area contributed by atoms with Gasteiger partial charge in [0.05, 0.1) is 0 Å². The van der Waals surface area contributed by atoms with Gasteiger partial charge < -0.3 is 15.7 Å². The molecular formula is C12H16F2N2O. The van der Waals surface area contributed by atoms with Crippen LogP contribution in [-0.4, -0.2) is 24.8 Å². The van der Waals surface area contributed by atoms with Crippen molar-refractivity contribution in [2.45, 2.75) is 13.0 Å². The van der Waals surface area contributed by atoms with Gasteiger partial charge in [-0.3, -0.25) is 0 Å². The molecule has 1 atom stereocenters. The van der Waals surface area contributed by atoms with Crippen molar-refractivity contribution in [1.82, 2.24) is 0 Å². The van der Waals surface area contributed by atoms with E-state index >= 15 is 0 Å². The Hall–Kier alpha value is -1.20. The molecule has 1 aromatic carbocycles. The third-order valence-electron chi connectivity index (χ3n) is 3.17. The molecule has 17 heavy (non-hydrogen) atoms. The molecule has 1 aliphatic heterocycles. The zero-order valence-corrected chi connectivity index (χ0v) is 9.50. The highest BCUT2D eigenvalue weighted by Crippen LogP contribution is 2.29. The molecule has 94 valence electrons. The lowest BCUT2D eigenvalue weighted by Gasteiger charge is -2.20. The molecule has 1 heterocycles. The SMILES string of the molecule is NCc1cc(F)c(N2CCC(CO)C2)c(F)c1. The molecule has 3 nitrogen and oxygen atoms in total. The van der Waals surface area contributed by atoms with Crippen LogP contribution < -0.4 is 10.6 Å². The van der Waals surface area contributed by atoms with Crippen molar-refractivity contribution in [3.63, 3.8) is 0 Å². The Morgan fingerprint density at radius 3 is 2.47 bits per heavy atom. The lowest BCUT2D eigenvalue weighted by molar-refractivity contribution is 0.238. The van der Waals surface area contributed by atoms with Crippen LogP contribution in [0.3, 0.4) is 0 Å². The first-order valence-electron chi connectivity index (χ1n) is 5.69. The van der Waals surface area contributed by atoms with Crippen LogP contribution in [0.25, 0.3) is 0 Å². The molecule has 1 fully saturated rings. The minimum absolute atomic E-state index is 0.00171. The molecule has 1 aliphatic rings. The van der Waals surface area contributed by atoms with Gasteiger partial charge in [0.25, 0.3) is 0 Å². The molecular weight excluding hydrogens is 226 g/mol. The van der Waals surface area contributed by atoms with E-state index in [-0.39, 0.29) is 24.8 Å². The molecule has 1 saturated heterocycles. The smallest absolute Gasteiger partial charge is 0.149 e. The van der Waals surface area contributed by atoms with E-state index in [0.29, 0.717) is 18.7 Å². The first-order valence-corrected chi connectivity index (χ1v) is 5.69. The van der Waals surface area contributed by atoms with Crippen molar-refractivity contribution in [3.05, 3.63) is 29.3 Å². The summed E-state index contributed by atoms with van der Waals surface area (Å²) in [6, 6.07) is 2.54. The fraction of sp³-hybridized carbons (Fsp3) is 0.500. The number of nitrogens with zero attached hydrogens (tertiary/aromatic N) is 1. The van der Waals surface area contributed by atoms with Crippen molar-refractivity contribution in [2.24, 2.45) is 11.7 Å². The predicted molar refractivity (Wildman–Crippen MR) is 61.7 cm³/mol. The maximum Gasteiger partial charge on any atom is 0.149 e. The number of aliphatic hydroxyl groups is 1. The van der Waals surface area contributed by atoms with Gasteiger partial charge in [0.2, 0.25) is 0 Å². The van der Waals surface area contributed by atoms with Gasteiger partial charge in [-0.05, 0) is 24.1 Å². The normalized spacial score (nSPS) is 20.0. The van der Waals surface area contributed by atoms with Gasteiger partial charge in [-0.25, -0.2) is 8.78 Å². The summed E-state index contributed by atoms with van der Waals surface area (Å²) in [5.41, 5.74) is 5.80. The third kappa shape index (κ3) is 2.40. The molecule has 1 unspecified atom stereocenters. The quantitative estimate of drug-likeness (QED) is 0.838. The maximum absolute atomic E-state index is 13.8. The molecule has 0 amide bonds. The molecule has 0 aliphatic carbocycles. The van der Waals surface area contributed by atoms with Gasteiger partial charge in [-0.1, -0.05) is 0 Å². The standard InChI is InChI=1S/C12H16F2N2O/c13-10-3-9(5-15)4-11(14)12(10)16-2-1-8(6-16)7-17/h3-4,8,17H,1-2,5-7,15H2. The number of benzene rings is 1. The molecule has 2 rings (SSSR count). The zero-order chi connectivity index (χ0) is 12.4. The molecule has 1 aromatic rings. The van der Waals surface area contributed by atoms with Crippen molar-refractivity contribution >= 4 is 5.69 Å². The highest BCUT2D eigenvalue weighted by atomic mass is 19.1. The van der Waals surface area contributed by atoms with E-state index in [1.54, 1.807) is 4.90 Å². The second-order valence-electron chi connectivity index (χ2n) is 4.40. The predicted octanol–water partition coefficient (Wildman–Crippen LogP) is 1.24. The average molecular weight is 242 g/mol. The van der Waals surface area contributed by atoms with Gasteiger partial charge in [0.15, 0.2) is 0 Å². The van der Waals surface area contributed by atoms with Crippen LogP contribution in [0.4, 0.5) is 14.5 Å². The molecule has 0 saturated carbocycles. The van der Waals surface area contributed by atoms with E-state index in [1.165, 1.54) is 12.1 Å². The Balaban J connectivity index is 2.27. The van der Waals surface area contributed by atoms with Crippen LogP contribution in [-0.2, 0) is 6.54 Å². The summed E-state index contributed by atoms with van der Waals surface area (Å²) >= 11 is 0. The van der Waals surface area contributed by atoms with E-state index in [9.17, 15) is 8.78 Å². The van der Waals surface area contributed by atoms with Gasteiger partial charge in [0.1, 0.15) is 17.3 Å². The van der Waals surface area contributed by atoms with Gasteiger partial charge >= 0.3 is 0 Å². The molecule has 0 radical (unpaired) electrons. The Morgan fingerprint density at radius 2 is 2.00 bits per heavy atom. The van der Waals surface area contributed by atoms with Crippen molar-refractivity contribution in [3.8, 4) is 0 Å². The summed E-state index contributed by atoms with van der Waals surface area (Å²) in [4.78, 5) is 1.64. The largest absolute Gasteiger partial charge is 0.396 e. The van der Waals surface area contributed by atoms with Gasteiger partial charge in [0, 0.05) is 32.2 Å². The van der Waals surface area contributed by atoms with Gasteiger partial charge in [-0.15, -0.1) is 0 Å². The van der Waals surface area contributed by atoms with Crippen molar-refractivity contribution in [2.75, 3.05) is 24.6 Å². The fourth-order valence-electron chi connectivity index (χ4n) is 2.22. The molecule has 3 N–H and O–H groups in total. The first kappa shape index (κ1) is 12.3. The Kier molecular flexibility index (Phi) is 3.59. The number of rotatable bonds is 3.